The molecule has 1 fully saturated rings. The van der Waals surface area contributed by atoms with Crippen LogP contribution in [-0.2, 0) is 9.59 Å². The number of hydrogen-bond acceptors (Lipinski definition) is 4. The fraction of sp³-hybridized carbons (Fsp3) is 0.600. The quantitative estimate of drug-likeness (QED) is 0.369. The molecule has 1 aliphatic heterocycles. The van der Waals surface area contributed by atoms with Gasteiger partial charge in [-0.05, 0) is 0 Å². The van der Waals surface area contributed by atoms with Gasteiger partial charge in [-0.3, -0.25) is 9.59 Å². The predicted octanol–water partition coefficient (Wildman–Crippen LogP) is -1.41. The second-order valence-electron chi connectivity index (χ2n) is 1.94. The molecule has 1 rings (SSSR count). The number of aliphatic hydroxyl groups excluding tert-OH is 1. The van der Waals surface area contributed by atoms with E-state index in [-0.39, 0.29) is 24.7 Å². The van der Waals surface area contributed by atoms with Gasteiger partial charge in [0.15, 0.2) is 0 Å². The monoisotopic (exact) mass is 144 g/mol. The molecule has 0 aromatic carbocycles. The molecule has 0 radical (unpaired) electrons. The molecule has 0 saturated carbocycles. The average Bonchev–Trinajstić information content (AvgIpc) is 2.20. The van der Waals surface area contributed by atoms with E-state index in [1.807, 2.05) is 0 Å². The highest BCUT2D eigenvalue weighted by Gasteiger charge is 2.28. The highest BCUT2D eigenvalue weighted by molar-refractivity contribution is 6.01. The Morgan fingerprint density at radius 1 is 1.40 bits per heavy atom. The van der Waals surface area contributed by atoms with Crippen LogP contribution in [0.1, 0.15) is 12.8 Å². The van der Waals surface area contributed by atoms with E-state index in [2.05, 4.69) is 5.43 Å². The Balaban J connectivity index is 2.54. The summed E-state index contributed by atoms with van der Waals surface area (Å²) in [7, 11) is 0. The molecule has 1 heterocycles. The summed E-state index contributed by atoms with van der Waals surface area (Å²) in [5.74, 6) is -0.557. The molecule has 1 saturated heterocycles. The molecule has 5 nitrogen and oxygen atoms in total. The van der Waals surface area contributed by atoms with Crippen LogP contribution in [-0.4, -0.2) is 28.7 Å². The minimum Gasteiger partial charge on any atom is -0.380 e. The number of aliphatic hydroxyl groups is 1. The lowest BCUT2D eigenvalue weighted by Gasteiger charge is -2.11. The van der Waals surface area contributed by atoms with Crippen LogP contribution in [0.3, 0.4) is 0 Å². The van der Waals surface area contributed by atoms with Crippen molar-refractivity contribution in [3.8, 4) is 0 Å². The van der Waals surface area contributed by atoms with Gasteiger partial charge < -0.3 is 5.11 Å². The van der Waals surface area contributed by atoms with Crippen LogP contribution in [0.15, 0.2) is 0 Å². The lowest BCUT2D eigenvalue weighted by atomic mass is 10.4. The first-order chi connectivity index (χ1) is 4.75. The Bertz CT molecular complexity index is 152. The summed E-state index contributed by atoms with van der Waals surface area (Å²) in [4.78, 5) is 21.4. The summed E-state index contributed by atoms with van der Waals surface area (Å²) < 4.78 is 0. The number of amides is 2. The number of hydrogen-bond donors (Lipinski definition) is 2. The van der Waals surface area contributed by atoms with Crippen molar-refractivity contribution in [2.45, 2.75) is 12.8 Å². The van der Waals surface area contributed by atoms with Crippen LogP contribution < -0.4 is 5.43 Å². The Morgan fingerprint density at radius 2 is 1.90 bits per heavy atom. The molecule has 0 unspecified atom stereocenters. The molecule has 0 aromatic heterocycles. The van der Waals surface area contributed by atoms with Gasteiger partial charge in [-0.1, -0.05) is 0 Å². The minimum atomic E-state index is -0.391. The third-order valence-corrected chi connectivity index (χ3v) is 1.28. The second kappa shape index (κ2) is 2.76. The molecule has 0 spiro atoms. The Hall–Kier alpha value is -0.940. The Morgan fingerprint density at radius 3 is 2.30 bits per heavy atom. The minimum absolute atomic E-state index is 0.242. The number of imide groups is 1. The standard InChI is InChI=1S/C5H8N2O3/c8-3-6-7-4(9)1-2-5(7)10/h6,8H,1-3H2. The molecule has 10 heavy (non-hydrogen) atoms. The lowest BCUT2D eigenvalue weighted by molar-refractivity contribution is -0.143. The molecular formula is C5H8N2O3. The van der Waals surface area contributed by atoms with Crippen molar-refractivity contribution in [2.75, 3.05) is 6.73 Å². The first-order valence-electron chi connectivity index (χ1n) is 2.96. The number of carbonyl (C=O) groups excluding carboxylic acids is 2. The normalized spacial score (nSPS) is 18.7. The third kappa shape index (κ3) is 1.14. The van der Waals surface area contributed by atoms with Gasteiger partial charge in [-0.15, -0.1) is 0 Å². The number of nitrogens with one attached hydrogen (secondary N) is 1. The van der Waals surface area contributed by atoms with Gasteiger partial charge in [-0.25, -0.2) is 5.01 Å². The van der Waals surface area contributed by atoms with Crippen molar-refractivity contribution < 1.29 is 14.7 Å². The van der Waals surface area contributed by atoms with Crippen molar-refractivity contribution in [2.24, 2.45) is 0 Å². The molecule has 1 aliphatic rings. The summed E-state index contributed by atoms with van der Waals surface area (Å²) >= 11 is 0. The van der Waals surface area contributed by atoms with Crippen LogP contribution in [0.25, 0.3) is 0 Å². The van der Waals surface area contributed by atoms with Crippen molar-refractivity contribution in [1.29, 1.82) is 0 Å². The van der Waals surface area contributed by atoms with Gasteiger partial charge in [0, 0.05) is 12.8 Å². The van der Waals surface area contributed by atoms with Gasteiger partial charge in [0.1, 0.15) is 6.73 Å². The molecule has 5 heteroatoms. The SMILES string of the molecule is O=C1CCC(=O)N1NCO. The topological polar surface area (TPSA) is 69.6 Å². The maximum atomic E-state index is 10.7. The van der Waals surface area contributed by atoms with E-state index in [0.717, 1.165) is 5.01 Å². The molecule has 0 aromatic rings. The lowest BCUT2D eigenvalue weighted by Crippen LogP contribution is -2.42. The first-order valence-corrected chi connectivity index (χ1v) is 2.96. The van der Waals surface area contributed by atoms with Crippen molar-refractivity contribution in [1.82, 2.24) is 10.4 Å². The molecule has 2 amide bonds. The van der Waals surface area contributed by atoms with Gasteiger partial charge >= 0.3 is 0 Å². The van der Waals surface area contributed by atoms with E-state index in [1.54, 1.807) is 0 Å². The maximum absolute atomic E-state index is 10.7. The average molecular weight is 144 g/mol. The largest absolute Gasteiger partial charge is 0.380 e. The smallest absolute Gasteiger partial charge is 0.244 e. The van der Waals surface area contributed by atoms with E-state index in [1.165, 1.54) is 0 Å². The van der Waals surface area contributed by atoms with Gasteiger partial charge in [0.05, 0.1) is 0 Å². The zero-order chi connectivity index (χ0) is 7.56. The highest BCUT2D eigenvalue weighted by atomic mass is 16.3. The zero-order valence-corrected chi connectivity index (χ0v) is 5.33. The molecule has 0 atom stereocenters. The van der Waals surface area contributed by atoms with Crippen LogP contribution in [0, 0.1) is 0 Å². The molecule has 0 aliphatic carbocycles. The zero-order valence-electron chi connectivity index (χ0n) is 5.33. The number of nitrogens with zero attached hydrogens (tertiary/aromatic N) is 1. The van der Waals surface area contributed by atoms with E-state index in [9.17, 15) is 9.59 Å². The molecule has 56 valence electrons. The van der Waals surface area contributed by atoms with E-state index in [0.29, 0.717) is 0 Å². The Labute approximate surface area is 57.6 Å². The van der Waals surface area contributed by atoms with Crippen molar-refractivity contribution >= 4 is 11.8 Å². The van der Waals surface area contributed by atoms with Crippen LogP contribution in [0.2, 0.25) is 0 Å². The number of carbonyl (C=O) groups is 2. The summed E-state index contributed by atoms with van der Waals surface area (Å²) in [5.41, 5.74) is 2.23. The second-order valence-corrected chi connectivity index (χ2v) is 1.94. The summed E-state index contributed by atoms with van der Waals surface area (Å²) in [6, 6.07) is 0. The number of rotatable bonds is 2. The third-order valence-electron chi connectivity index (χ3n) is 1.28. The highest BCUT2D eigenvalue weighted by Crippen LogP contribution is 2.07. The van der Waals surface area contributed by atoms with E-state index >= 15 is 0 Å². The van der Waals surface area contributed by atoms with Gasteiger partial charge in [0.25, 0.3) is 0 Å². The summed E-state index contributed by atoms with van der Waals surface area (Å²) in [5, 5.41) is 9.15. The molecule has 2 N–H and O–H groups in total. The maximum Gasteiger partial charge on any atom is 0.244 e. The van der Waals surface area contributed by atoms with Crippen LogP contribution in [0.4, 0.5) is 0 Å². The molecular weight excluding hydrogens is 136 g/mol. The van der Waals surface area contributed by atoms with Gasteiger partial charge in [-0.2, -0.15) is 5.43 Å². The van der Waals surface area contributed by atoms with Gasteiger partial charge in [0.2, 0.25) is 11.8 Å². The predicted molar refractivity (Wildman–Crippen MR) is 31.3 cm³/mol. The van der Waals surface area contributed by atoms with Crippen LogP contribution >= 0.6 is 0 Å². The number of hydrazine groups is 1. The fourth-order valence-corrected chi connectivity index (χ4v) is 0.824. The van der Waals surface area contributed by atoms with E-state index in [4.69, 9.17) is 5.11 Å². The summed E-state index contributed by atoms with van der Waals surface area (Å²) in [6.45, 7) is -0.391. The van der Waals surface area contributed by atoms with Crippen molar-refractivity contribution in [3.63, 3.8) is 0 Å². The summed E-state index contributed by atoms with van der Waals surface area (Å²) in [6.07, 6.45) is 0.484. The molecule has 0 bridgehead atoms. The fourth-order valence-electron chi connectivity index (χ4n) is 0.824. The Kier molecular flexibility index (Phi) is 1.98. The van der Waals surface area contributed by atoms with Crippen molar-refractivity contribution in [3.05, 3.63) is 0 Å². The van der Waals surface area contributed by atoms with Crippen LogP contribution in [0.5, 0.6) is 0 Å². The van der Waals surface area contributed by atoms with E-state index < -0.39 is 6.73 Å². The first kappa shape index (κ1) is 7.17.